The van der Waals surface area contributed by atoms with Gasteiger partial charge in [0, 0.05) is 24.0 Å². The zero-order chi connectivity index (χ0) is 14.5. The number of hydrogen-bond acceptors (Lipinski definition) is 4. The van der Waals surface area contributed by atoms with Crippen molar-refractivity contribution in [3.05, 3.63) is 35.7 Å². The molecule has 0 aliphatic heterocycles. The lowest BCUT2D eigenvalue weighted by atomic mass is 10.1. The molecule has 4 nitrogen and oxygen atoms in total. The predicted molar refractivity (Wildman–Crippen MR) is 82.7 cm³/mol. The molecular weight excluding hydrogens is 248 g/mol. The van der Waals surface area contributed by atoms with Crippen LogP contribution in [0.1, 0.15) is 31.5 Å². The van der Waals surface area contributed by atoms with Crippen LogP contribution in [-0.4, -0.2) is 21.5 Å². The summed E-state index contributed by atoms with van der Waals surface area (Å²) in [7, 11) is 0. The van der Waals surface area contributed by atoms with Crippen molar-refractivity contribution in [2.24, 2.45) is 5.92 Å². The first-order valence-electron chi connectivity index (χ1n) is 7.08. The largest absolute Gasteiger partial charge is 0.370 e. The van der Waals surface area contributed by atoms with Crippen LogP contribution in [0.3, 0.4) is 0 Å². The molecule has 0 radical (unpaired) electrons. The van der Waals surface area contributed by atoms with Gasteiger partial charge in [-0.15, -0.1) is 0 Å². The molecule has 0 unspecified atom stereocenters. The molecule has 0 aromatic carbocycles. The van der Waals surface area contributed by atoms with Gasteiger partial charge < -0.3 is 5.32 Å². The lowest BCUT2D eigenvalue weighted by molar-refractivity contribution is 0.606. The molecule has 2 aromatic heterocycles. The number of aromatic nitrogens is 3. The van der Waals surface area contributed by atoms with Crippen LogP contribution in [0.25, 0.3) is 11.5 Å². The normalized spacial score (nSPS) is 10.8. The molecule has 20 heavy (non-hydrogen) atoms. The number of rotatable bonds is 5. The second-order valence-corrected chi connectivity index (χ2v) is 5.43. The highest BCUT2D eigenvalue weighted by Crippen LogP contribution is 2.20. The van der Waals surface area contributed by atoms with Crippen molar-refractivity contribution in [1.29, 1.82) is 0 Å². The average Bonchev–Trinajstić information content (AvgIpc) is 2.44. The minimum absolute atomic E-state index is 0.681. The number of anilines is 1. The second-order valence-electron chi connectivity index (χ2n) is 5.43. The Morgan fingerprint density at radius 1 is 1.15 bits per heavy atom. The van der Waals surface area contributed by atoms with Gasteiger partial charge in [0.05, 0.1) is 0 Å². The van der Waals surface area contributed by atoms with E-state index in [-0.39, 0.29) is 0 Å². The fourth-order valence-electron chi connectivity index (χ4n) is 1.89. The number of pyridine rings is 1. The highest BCUT2D eigenvalue weighted by atomic mass is 15.0. The first-order valence-corrected chi connectivity index (χ1v) is 7.08. The second kappa shape index (κ2) is 6.46. The number of aryl methyl sites for hydroxylation is 1. The summed E-state index contributed by atoms with van der Waals surface area (Å²) >= 11 is 0. The van der Waals surface area contributed by atoms with E-state index in [1.165, 1.54) is 0 Å². The van der Waals surface area contributed by atoms with Gasteiger partial charge in [-0.05, 0) is 38.3 Å². The van der Waals surface area contributed by atoms with Crippen LogP contribution in [0.5, 0.6) is 0 Å². The van der Waals surface area contributed by atoms with E-state index in [4.69, 9.17) is 0 Å². The van der Waals surface area contributed by atoms with Crippen LogP contribution in [0.2, 0.25) is 0 Å². The smallest absolute Gasteiger partial charge is 0.180 e. The summed E-state index contributed by atoms with van der Waals surface area (Å²) in [6.07, 6.45) is 2.89. The first kappa shape index (κ1) is 14.4. The van der Waals surface area contributed by atoms with Crippen molar-refractivity contribution in [3.8, 4) is 11.5 Å². The maximum atomic E-state index is 4.62. The maximum Gasteiger partial charge on any atom is 0.180 e. The summed E-state index contributed by atoms with van der Waals surface area (Å²) in [4.78, 5) is 13.5. The van der Waals surface area contributed by atoms with E-state index in [9.17, 15) is 0 Å². The van der Waals surface area contributed by atoms with Gasteiger partial charge in [-0.1, -0.05) is 19.9 Å². The summed E-state index contributed by atoms with van der Waals surface area (Å²) in [5.41, 5.74) is 2.91. The summed E-state index contributed by atoms with van der Waals surface area (Å²) in [6.45, 7) is 9.43. The number of hydrogen-bond donors (Lipinski definition) is 1. The summed E-state index contributed by atoms with van der Waals surface area (Å²) in [6, 6.07) is 5.78. The van der Waals surface area contributed by atoms with Gasteiger partial charge in [0.25, 0.3) is 0 Å². The molecule has 2 aromatic rings. The van der Waals surface area contributed by atoms with Crippen LogP contribution in [0.15, 0.2) is 24.4 Å². The average molecular weight is 270 g/mol. The van der Waals surface area contributed by atoms with Gasteiger partial charge in [0.2, 0.25) is 0 Å². The summed E-state index contributed by atoms with van der Waals surface area (Å²) < 4.78 is 0. The zero-order valence-corrected chi connectivity index (χ0v) is 12.6. The van der Waals surface area contributed by atoms with Crippen LogP contribution >= 0.6 is 0 Å². The number of nitrogens with one attached hydrogen (secondary N) is 1. The van der Waals surface area contributed by atoms with E-state index in [0.29, 0.717) is 11.7 Å². The topological polar surface area (TPSA) is 50.7 Å². The maximum absolute atomic E-state index is 4.62. The lowest BCUT2D eigenvalue weighted by Gasteiger charge is -2.13. The SMILES string of the molecule is Cc1nc(-c2ccccn2)nc(NCCC(C)C)c1C. The van der Waals surface area contributed by atoms with Crippen molar-refractivity contribution in [2.75, 3.05) is 11.9 Å². The van der Waals surface area contributed by atoms with Crippen LogP contribution in [0, 0.1) is 19.8 Å². The minimum Gasteiger partial charge on any atom is -0.370 e. The Kier molecular flexibility index (Phi) is 4.66. The molecule has 0 fully saturated rings. The van der Waals surface area contributed by atoms with Gasteiger partial charge in [0.1, 0.15) is 11.5 Å². The first-order chi connectivity index (χ1) is 9.58. The molecule has 0 amide bonds. The van der Waals surface area contributed by atoms with Gasteiger partial charge in [-0.25, -0.2) is 9.97 Å². The molecule has 0 bridgehead atoms. The highest BCUT2D eigenvalue weighted by molar-refractivity contribution is 5.56. The fourth-order valence-corrected chi connectivity index (χ4v) is 1.89. The Labute approximate surface area is 120 Å². The molecule has 0 saturated heterocycles. The Morgan fingerprint density at radius 3 is 2.60 bits per heavy atom. The third kappa shape index (κ3) is 3.53. The number of nitrogens with zero attached hydrogens (tertiary/aromatic N) is 3. The van der Waals surface area contributed by atoms with E-state index < -0.39 is 0 Å². The molecule has 2 rings (SSSR count). The summed E-state index contributed by atoms with van der Waals surface area (Å²) in [5.74, 6) is 2.28. The van der Waals surface area contributed by atoms with E-state index in [0.717, 1.165) is 35.7 Å². The standard InChI is InChI=1S/C16H22N4/c1-11(2)8-10-18-15-12(3)13(4)19-16(20-15)14-7-5-6-9-17-14/h5-7,9,11H,8,10H2,1-4H3,(H,18,19,20). The molecule has 0 atom stereocenters. The van der Waals surface area contributed by atoms with Crippen LogP contribution in [0.4, 0.5) is 5.82 Å². The zero-order valence-electron chi connectivity index (χ0n) is 12.6. The van der Waals surface area contributed by atoms with Crippen LogP contribution < -0.4 is 5.32 Å². The van der Waals surface area contributed by atoms with Gasteiger partial charge in [-0.2, -0.15) is 0 Å². The molecule has 2 heterocycles. The van der Waals surface area contributed by atoms with Crippen LogP contribution in [-0.2, 0) is 0 Å². The Balaban J connectivity index is 2.26. The van der Waals surface area contributed by atoms with Gasteiger partial charge in [-0.3, -0.25) is 4.98 Å². The molecule has 4 heteroatoms. The monoisotopic (exact) mass is 270 g/mol. The molecule has 1 N–H and O–H groups in total. The molecule has 106 valence electrons. The van der Waals surface area contributed by atoms with E-state index in [1.807, 2.05) is 25.1 Å². The third-order valence-electron chi connectivity index (χ3n) is 3.30. The Hall–Kier alpha value is -1.97. The molecule has 0 aliphatic rings. The Morgan fingerprint density at radius 2 is 1.95 bits per heavy atom. The van der Waals surface area contributed by atoms with Crippen molar-refractivity contribution >= 4 is 5.82 Å². The van der Waals surface area contributed by atoms with Crippen molar-refractivity contribution in [1.82, 2.24) is 15.0 Å². The van der Waals surface area contributed by atoms with E-state index in [1.54, 1.807) is 6.20 Å². The van der Waals surface area contributed by atoms with E-state index >= 15 is 0 Å². The Bertz CT molecular complexity index is 564. The van der Waals surface area contributed by atoms with Crippen molar-refractivity contribution < 1.29 is 0 Å². The summed E-state index contributed by atoms with van der Waals surface area (Å²) in [5, 5.41) is 3.42. The quantitative estimate of drug-likeness (QED) is 0.901. The van der Waals surface area contributed by atoms with Gasteiger partial charge >= 0.3 is 0 Å². The minimum atomic E-state index is 0.681. The highest BCUT2D eigenvalue weighted by Gasteiger charge is 2.10. The van der Waals surface area contributed by atoms with Crippen molar-refractivity contribution in [3.63, 3.8) is 0 Å². The fraction of sp³-hybridized carbons (Fsp3) is 0.438. The van der Waals surface area contributed by atoms with E-state index in [2.05, 4.69) is 41.0 Å². The molecule has 0 aliphatic carbocycles. The molecular formula is C16H22N4. The lowest BCUT2D eigenvalue weighted by Crippen LogP contribution is -2.10. The van der Waals surface area contributed by atoms with Gasteiger partial charge in [0.15, 0.2) is 5.82 Å². The predicted octanol–water partition coefficient (Wildman–Crippen LogP) is 3.61. The molecule has 0 saturated carbocycles. The van der Waals surface area contributed by atoms with Crippen molar-refractivity contribution in [2.45, 2.75) is 34.1 Å². The molecule has 0 spiro atoms. The third-order valence-corrected chi connectivity index (χ3v) is 3.30.